The zero-order valence-electron chi connectivity index (χ0n) is 8.11. The molecule has 0 aliphatic carbocycles. The van der Waals surface area contributed by atoms with Crippen LogP contribution in [0.5, 0.6) is 0 Å². The maximum absolute atomic E-state index is 10.7. The Balaban J connectivity index is 2.07. The molecule has 1 aliphatic heterocycles. The molecule has 1 saturated heterocycles. The van der Waals surface area contributed by atoms with Gasteiger partial charge in [-0.25, -0.2) is 0 Å². The Labute approximate surface area is 93.1 Å². The molecule has 0 radical (unpaired) electrons. The van der Waals surface area contributed by atoms with Crippen LogP contribution in [0, 0.1) is 0 Å². The number of nitrogens with one attached hydrogen (secondary N) is 1. The Kier molecular flexibility index (Phi) is 2.93. The van der Waals surface area contributed by atoms with Crippen molar-refractivity contribution in [2.75, 3.05) is 0 Å². The van der Waals surface area contributed by atoms with E-state index in [1.165, 1.54) is 0 Å². The number of carboxylic acid groups (broad SMARTS) is 1. The first-order chi connectivity index (χ1) is 7.16. The van der Waals surface area contributed by atoms with E-state index in [1.807, 2.05) is 24.3 Å². The molecule has 0 saturated carbocycles. The van der Waals surface area contributed by atoms with Gasteiger partial charge in [0.1, 0.15) is 6.04 Å². The minimum absolute atomic E-state index is 0.142. The van der Waals surface area contributed by atoms with E-state index >= 15 is 0 Å². The number of hydrogen-bond donors (Lipinski definition) is 2. The molecule has 80 valence electrons. The quantitative estimate of drug-likeness (QED) is 0.812. The summed E-state index contributed by atoms with van der Waals surface area (Å²) in [6.07, 6.45) is 1.54. The van der Waals surface area contributed by atoms with Gasteiger partial charge in [0.25, 0.3) is 0 Å². The highest BCUT2D eigenvalue weighted by Crippen LogP contribution is 2.27. The molecule has 2 rings (SSSR count). The molecule has 1 aromatic carbocycles. The van der Waals surface area contributed by atoms with E-state index in [2.05, 4.69) is 5.32 Å². The first-order valence-corrected chi connectivity index (χ1v) is 5.29. The van der Waals surface area contributed by atoms with Crippen molar-refractivity contribution in [2.45, 2.75) is 24.9 Å². The van der Waals surface area contributed by atoms with Gasteiger partial charge >= 0.3 is 5.97 Å². The molecule has 0 amide bonds. The van der Waals surface area contributed by atoms with E-state index < -0.39 is 12.0 Å². The first-order valence-electron chi connectivity index (χ1n) is 4.91. The molecule has 0 bridgehead atoms. The summed E-state index contributed by atoms with van der Waals surface area (Å²) in [5.74, 6) is -0.772. The second kappa shape index (κ2) is 4.21. The molecule has 2 N–H and O–H groups in total. The van der Waals surface area contributed by atoms with Gasteiger partial charge in [-0.1, -0.05) is 23.7 Å². The van der Waals surface area contributed by atoms with E-state index in [0.717, 1.165) is 12.0 Å². The summed E-state index contributed by atoms with van der Waals surface area (Å²) in [6.45, 7) is 0. The number of benzene rings is 1. The molecule has 3 nitrogen and oxygen atoms in total. The lowest BCUT2D eigenvalue weighted by molar-refractivity contribution is -0.139. The summed E-state index contributed by atoms with van der Waals surface area (Å²) in [5.41, 5.74) is 1.10. The molecule has 1 heterocycles. The van der Waals surface area contributed by atoms with Crippen LogP contribution in [0.3, 0.4) is 0 Å². The van der Waals surface area contributed by atoms with Crippen LogP contribution < -0.4 is 5.32 Å². The normalized spacial score (nSPS) is 25.4. The highest BCUT2D eigenvalue weighted by atomic mass is 35.5. The Bertz CT molecular complexity index is 363. The van der Waals surface area contributed by atoms with Gasteiger partial charge in [-0.2, -0.15) is 0 Å². The van der Waals surface area contributed by atoms with Crippen LogP contribution in [-0.2, 0) is 4.79 Å². The minimum Gasteiger partial charge on any atom is -0.480 e. The van der Waals surface area contributed by atoms with Gasteiger partial charge in [0.15, 0.2) is 0 Å². The maximum Gasteiger partial charge on any atom is 0.320 e. The third kappa shape index (κ3) is 2.30. The van der Waals surface area contributed by atoms with E-state index in [9.17, 15) is 4.79 Å². The average molecular weight is 226 g/mol. The van der Waals surface area contributed by atoms with Crippen molar-refractivity contribution in [1.29, 1.82) is 0 Å². The number of carbonyl (C=O) groups is 1. The Hall–Kier alpha value is -1.06. The van der Waals surface area contributed by atoms with Gasteiger partial charge in [-0.05, 0) is 30.5 Å². The predicted molar refractivity (Wildman–Crippen MR) is 58.0 cm³/mol. The third-order valence-corrected chi connectivity index (χ3v) is 2.97. The smallest absolute Gasteiger partial charge is 0.320 e. The summed E-state index contributed by atoms with van der Waals surface area (Å²) in [5, 5.41) is 12.6. The Morgan fingerprint density at radius 3 is 2.53 bits per heavy atom. The molecule has 0 spiro atoms. The average Bonchev–Trinajstić information content (AvgIpc) is 2.68. The number of carboxylic acids is 1. The van der Waals surface area contributed by atoms with Crippen molar-refractivity contribution in [2.24, 2.45) is 0 Å². The fraction of sp³-hybridized carbons (Fsp3) is 0.364. The molecule has 4 heteroatoms. The summed E-state index contributed by atoms with van der Waals surface area (Å²) >= 11 is 5.78. The summed E-state index contributed by atoms with van der Waals surface area (Å²) in [7, 11) is 0. The summed E-state index contributed by atoms with van der Waals surface area (Å²) in [4.78, 5) is 10.7. The number of rotatable bonds is 2. The Morgan fingerprint density at radius 1 is 1.33 bits per heavy atom. The second-order valence-corrected chi connectivity index (χ2v) is 4.18. The lowest BCUT2D eigenvalue weighted by atomic mass is 10.1. The van der Waals surface area contributed by atoms with Gasteiger partial charge in [-0.15, -0.1) is 0 Å². The highest BCUT2D eigenvalue weighted by Gasteiger charge is 2.29. The van der Waals surface area contributed by atoms with Crippen molar-refractivity contribution in [3.8, 4) is 0 Å². The van der Waals surface area contributed by atoms with Gasteiger partial charge in [0.2, 0.25) is 0 Å². The largest absolute Gasteiger partial charge is 0.480 e. The molecular weight excluding hydrogens is 214 g/mol. The van der Waals surface area contributed by atoms with Gasteiger partial charge in [0, 0.05) is 11.1 Å². The van der Waals surface area contributed by atoms with Crippen molar-refractivity contribution < 1.29 is 9.90 Å². The molecule has 2 unspecified atom stereocenters. The minimum atomic E-state index is -0.772. The highest BCUT2D eigenvalue weighted by molar-refractivity contribution is 6.30. The maximum atomic E-state index is 10.7. The van der Waals surface area contributed by atoms with E-state index in [4.69, 9.17) is 16.7 Å². The molecule has 1 fully saturated rings. The molecule has 2 atom stereocenters. The van der Waals surface area contributed by atoms with E-state index in [0.29, 0.717) is 11.4 Å². The lowest BCUT2D eigenvalue weighted by Gasteiger charge is -2.12. The second-order valence-electron chi connectivity index (χ2n) is 3.74. The van der Waals surface area contributed by atoms with Crippen molar-refractivity contribution in [1.82, 2.24) is 5.32 Å². The number of halogens is 1. The van der Waals surface area contributed by atoms with Crippen LogP contribution in [0.1, 0.15) is 24.4 Å². The van der Waals surface area contributed by atoms with Crippen molar-refractivity contribution in [3.63, 3.8) is 0 Å². The SMILES string of the molecule is O=C(O)C1CCC(c2ccc(Cl)cc2)N1. The molecule has 1 aromatic rings. The zero-order valence-corrected chi connectivity index (χ0v) is 8.87. The molecule has 0 aromatic heterocycles. The zero-order chi connectivity index (χ0) is 10.8. The molecule has 1 aliphatic rings. The fourth-order valence-corrected chi connectivity index (χ4v) is 2.02. The standard InChI is InChI=1S/C11H12ClNO2/c12-8-3-1-7(2-4-8)9-5-6-10(13-9)11(14)15/h1-4,9-10,13H,5-6H2,(H,14,15). The lowest BCUT2D eigenvalue weighted by Crippen LogP contribution is -2.31. The van der Waals surface area contributed by atoms with Gasteiger partial charge < -0.3 is 5.11 Å². The number of aliphatic carboxylic acids is 1. The van der Waals surface area contributed by atoms with E-state index in [-0.39, 0.29) is 6.04 Å². The summed E-state index contributed by atoms with van der Waals surface area (Å²) in [6, 6.07) is 7.25. The van der Waals surface area contributed by atoms with Crippen LogP contribution in [0.25, 0.3) is 0 Å². The van der Waals surface area contributed by atoms with Crippen LogP contribution in [0.15, 0.2) is 24.3 Å². The topological polar surface area (TPSA) is 49.3 Å². The van der Waals surface area contributed by atoms with Gasteiger partial charge in [-0.3, -0.25) is 10.1 Å². The Morgan fingerprint density at radius 2 is 2.00 bits per heavy atom. The third-order valence-electron chi connectivity index (χ3n) is 2.72. The predicted octanol–water partition coefficient (Wildman–Crippen LogP) is 2.22. The van der Waals surface area contributed by atoms with Gasteiger partial charge in [0.05, 0.1) is 0 Å². The van der Waals surface area contributed by atoms with E-state index in [1.54, 1.807) is 0 Å². The van der Waals surface area contributed by atoms with Crippen LogP contribution in [0.2, 0.25) is 5.02 Å². The monoisotopic (exact) mass is 225 g/mol. The molecular formula is C11H12ClNO2. The fourth-order valence-electron chi connectivity index (χ4n) is 1.90. The van der Waals surface area contributed by atoms with Crippen LogP contribution >= 0.6 is 11.6 Å². The van der Waals surface area contributed by atoms with Crippen molar-refractivity contribution in [3.05, 3.63) is 34.9 Å². The summed E-state index contributed by atoms with van der Waals surface area (Å²) < 4.78 is 0. The van der Waals surface area contributed by atoms with Crippen LogP contribution in [0.4, 0.5) is 0 Å². The number of hydrogen-bond acceptors (Lipinski definition) is 2. The van der Waals surface area contributed by atoms with Crippen molar-refractivity contribution >= 4 is 17.6 Å². The van der Waals surface area contributed by atoms with Crippen LogP contribution in [-0.4, -0.2) is 17.1 Å². The first kappa shape index (κ1) is 10.5. The molecule has 15 heavy (non-hydrogen) atoms.